The Morgan fingerprint density at radius 1 is 0.526 bits per heavy atom. The molecule has 1 fully saturated rings. The Kier molecular flexibility index (Phi) is 49.0. The summed E-state index contributed by atoms with van der Waals surface area (Å²) in [6, 6.07) is -1.04. The molecular weight excluding hydrogens is 955 g/mol. The molecule has 6 N–H and O–H groups in total. The van der Waals surface area contributed by atoms with Crippen LogP contribution < -0.4 is 5.32 Å². The molecule has 0 bridgehead atoms. The molecule has 438 valence electrons. The van der Waals surface area contributed by atoms with Gasteiger partial charge in [0.05, 0.1) is 25.4 Å². The van der Waals surface area contributed by atoms with Crippen LogP contribution in [0.4, 0.5) is 0 Å². The molecule has 0 saturated carbocycles. The van der Waals surface area contributed by atoms with Crippen molar-refractivity contribution >= 4 is 11.9 Å². The van der Waals surface area contributed by atoms with Gasteiger partial charge < -0.3 is 45.1 Å². The van der Waals surface area contributed by atoms with Crippen molar-refractivity contribution < 1.29 is 49.3 Å². The van der Waals surface area contributed by atoms with Crippen LogP contribution in [0.2, 0.25) is 0 Å². The molecule has 0 aromatic rings. The van der Waals surface area contributed by atoms with Crippen LogP contribution in [0.3, 0.4) is 0 Å². The fourth-order valence-electron chi connectivity index (χ4n) is 9.26. The number of hydrogen-bond acceptors (Lipinski definition) is 10. The van der Waals surface area contributed by atoms with E-state index in [2.05, 4.69) is 44.3 Å². The topological polar surface area (TPSA) is 175 Å². The molecule has 8 atom stereocenters. The highest BCUT2D eigenvalue weighted by atomic mass is 16.7. The highest BCUT2D eigenvalue weighted by Gasteiger charge is 2.47. The zero-order valence-corrected chi connectivity index (χ0v) is 48.3. The Labute approximate surface area is 463 Å². The van der Waals surface area contributed by atoms with Crippen LogP contribution in [0.25, 0.3) is 0 Å². The minimum absolute atomic E-state index is 0.0246. The lowest BCUT2D eigenvalue weighted by Crippen LogP contribution is -2.61. The third-order valence-electron chi connectivity index (χ3n) is 14.2. The highest BCUT2D eigenvalue weighted by Crippen LogP contribution is 2.26. The van der Waals surface area contributed by atoms with Crippen molar-refractivity contribution in [1.29, 1.82) is 0 Å². The molecule has 1 aliphatic rings. The van der Waals surface area contributed by atoms with Crippen LogP contribution in [0.1, 0.15) is 252 Å². The lowest BCUT2D eigenvalue weighted by atomic mass is 9.99. The van der Waals surface area contributed by atoms with Crippen molar-refractivity contribution in [2.45, 2.75) is 301 Å². The normalized spacial score (nSPS) is 19.7. The van der Waals surface area contributed by atoms with Crippen LogP contribution in [0, 0.1) is 0 Å². The number of amides is 1. The second-order valence-electron chi connectivity index (χ2n) is 21.2. The van der Waals surface area contributed by atoms with Crippen LogP contribution in [-0.2, 0) is 23.8 Å². The summed E-state index contributed by atoms with van der Waals surface area (Å²) >= 11 is 0. The number of ether oxygens (including phenoxy) is 3. The first-order chi connectivity index (χ1) is 37.2. The molecule has 1 rings (SSSR count). The van der Waals surface area contributed by atoms with E-state index in [0.29, 0.717) is 19.3 Å². The monoisotopic (exact) mass is 1070 g/mol. The third kappa shape index (κ3) is 40.1. The maximum Gasteiger partial charge on any atom is 0.306 e. The number of carbonyl (C=O) groups excluding carboxylic acids is 2. The molecule has 11 heteroatoms. The van der Waals surface area contributed by atoms with Crippen molar-refractivity contribution in [3.63, 3.8) is 0 Å². The molecule has 1 amide bonds. The Morgan fingerprint density at radius 3 is 1.45 bits per heavy atom. The van der Waals surface area contributed by atoms with Gasteiger partial charge >= 0.3 is 5.97 Å². The minimum atomic E-state index is -1.65. The minimum Gasteiger partial charge on any atom is -0.454 e. The lowest BCUT2D eigenvalue weighted by Gasteiger charge is -2.41. The van der Waals surface area contributed by atoms with Gasteiger partial charge in [-0.1, -0.05) is 266 Å². The Hall–Kier alpha value is -3.16. The summed E-state index contributed by atoms with van der Waals surface area (Å²) in [5.41, 5.74) is 0. The highest BCUT2D eigenvalue weighted by molar-refractivity contribution is 5.80. The summed E-state index contributed by atoms with van der Waals surface area (Å²) in [6.07, 6.45) is 57.9. The van der Waals surface area contributed by atoms with E-state index in [-0.39, 0.29) is 19.4 Å². The number of aliphatic hydroxyl groups excluding tert-OH is 5. The van der Waals surface area contributed by atoms with Gasteiger partial charge in [0.25, 0.3) is 0 Å². The van der Waals surface area contributed by atoms with Crippen LogP contribution in [0.5, 0.6) is 0 Å². The van der Waals surface area contributed by atoms with E-state index in [1.165, 1.54) is 148 Å². The summed E-state index contributed by atoms with van der Waals surface area (Å²) in [6.45, 7) is 5.60. The van der Waals surface area contributed by atoms with Gasteiger partial charge in [-0.3, -0.25) is 9.59 Å². The Morgan fingerprint density at radius 2 is 0.961 bits per heavy atom. The molecule has 0 aromatic heterocycles. The van der Waals surface area contributed by atoms with E-state index in [0.717, 1.165) is 51.4 Å². The molecule has 11 nitrogen and oxygen atoms in total. The maximum absolute atomic E-state index is 13.4. The lowest BCUT2D eigenvalue weighted by molar-refractivity contribution is -0.305. The molecule has 0 radical (unpaired) electrons. The summed E-state index contributed by atoms with van der Waals surface area (Å²) in [4.78, 5) is 26.5. The van der Waals surface area contributed by atoms with Crippen LogP contribution in [-0.4, -0.2) is 99.6 Å². The summed E-state index contributed by atoms with van der Waals surface area (Å²) in [5.74, 6) is -1.27. The van der Waals surface area contributed by atoms with Crippen LogP contribution >= 0.6 is 0 Å². The molecule has 1 saturated heterocycles. The average Bonchev–Trinajstić information content (AvgIpc) is 3.42. The molecule has 76 heavy (non-hydrogen) atoms. The summed E-state index contributed by atoms with van der Waals surface area (Å²) in [5, 5.41) is 56.9. The van der Waals surface area contributed by atoms with Gasteiger partial charge in [0.2, 0.25) is 5.91 Å². The maximum atomic E-state index is 13.4. The van der Waals surface area contributed by atoms with Crippen molar-refractivity contribution in [3.8, 4) is 0 Å². The molecule has 1 aliphatic heterocycles. The molecular formula is C65H113NO10. The van der Waals surface area contributed by atoms with Gasteiger partial charge in [-0.2, -0.15) is 0 Å². The molecule has 1 heterocycles. The fourth-order valence-corrected chi connectivity index (χ4v) is 9.26. The van der Waals surface area contributed by atoms with Crippen molar-refractivity contribution in [2.24, 2.45) is 0 Å². The standard InChI is InChI=1S/C65H113NO10/c1-4-7-10-13-16-19-22-25-26-27-28-29-30-31-32-33-35-37-40-43-46-49-52-58(69)64(73)66-56(57(68)51-48-45-42-39-36-24-21-18-15-12-9-6-3)55-74-65-63(62(72)61(71)59(54-67)75-65)76-60(70)53-50-47-44-41-38-34-23-20-17-14-11-8-5-2/h8,11,14,17,20,23,25-26,34,38,41,44,48,51,56-59,61-63,65,67-69,71-72H,4-7,9-10,12-13,15-16,18-19,21-22,24,27-33,35-37,39-40,42-43,45-47,49-50,52-55H2,1-3H3,(H,66,73)/b11-8+,17-14+,23-20-,26-25+,38-34-,44-41+,51-48+. The molecule has 8 unspecified atom stereocenters. The van der Waals surface area contributed by atoms with Gasteiger partial charge in [0.1, 0.15) is 24.4 Å². The number of rotatable bonds is 51. The van der Waals surface area contributed by atoms with Gasteiger partial charge in [0.15, 0.2) is 12.4 Å². The molecule has 0 spiro atoms. The van der Waals surface area contributed by atoms with E-state index in [1.54, 1.807) is 6.08 Å². The first-order valence-electron chi connectivity index (χ1n) is 30.9. The number of allylic oxidation sites excluding steroid dienone is 13. The Bertz CT molecular complexity index is 1560. The average molecular weight is 1070 g/mol. The number of aliphatic hydroxyl groups is 5. The van der Waals surface area contributed by atoms with E-state index in [9.17, 15) is 35.1 Å². The first-order valence-corrected chi connectivity index (χ1v) is 30.9. The van der Waals surface area contributed by atoms with Crippen molar-refractivity contribution in [3.05, 3.63) is 85.1 Å². The number of hydrogen-bond donors (Lipinski definition) is 6. The predicted molar refractivity (Wildman–Crippen MR) is 315 cm³/mol. The molecule has 0 aromatic carbocycles. The fraction of sp³-hybridized carbons (Fsp3) is 0.754. The number of esters is 1. The summed E-state index contributed by atoms with van der Waals surface area (Å²) < 4.78 is 17.5. The molecule has 0 aliphatic carbocycles. The Balaban J connectivity index is 2.67. The quantitative estimate of drug-likeness (QED) is 0.0149. The second kappa shape index (κ2) is 52.5. The van der Waals surface area contributed by atoms with Gasteiger partial charge in [-0.05, 0) is 64.2 Å². The SMILES string of the molecule is CC/C=C/C=C/C=C\C=C/C=C/CCCC(=O)OC1C(OCC(NC(=O)C(O)CCCCCCCCCCCCCC/C=C/CCCCCCCC)C(O)/C=C/CCCCCCCCCCCC)OC(CO)C(O)C1O. The summed E-state index contributed by atoms with van der Waals surface area (Å²) in [7, 11) is 0. The van der Waals surface area contributed by atoms with Crippen molar-refractivity contribution in [1.82, 2.24) is 5.32 Å². The predicted octanol–water partition coefficient (Wildman–Crippen LogP) is 14.6. The number of carbonyl (C=O) groups is 2. The van der Waals surface area contributed by atoms with E-state index < -0.39 is 67.4 Å². The zero-order valence-electron chi connectivity index (χ0n) is 48.3. The van der Waals surface area contributed by atoms with Gasteiger partial charge in [0, 0.05) is 6.42 Å². The third-order valence-corrected chi connectivity index (χ3v) is 14.2. The first kappa shape index (κ1) is 70.9. The largest absolute Gasteiger partial charge is 0.454 e. The van der Waals surface area contributed by atoms with E-state index in [4.69, 9.17) is 14.2 Å². The van der Waals surface area contributed by atoms with Crippen molar-refractivity contribution in [2.75, 3.05) is 13.2 Å². The number of nitrogens with one attached hydrogen (secondary N) is 1. The van der Waals surface area contributed by atoms with Gasteiger partial charge in [-0.25, -0.2) is 0 Å². The zero-order chi connectivity index (χ0) is 55.4. The smallest absolute Gasteiger partial charge is 0.306 e. The van der Waals surface area contributed by atoms with Gasteiger partial charge in [-0.15, -0.1) is 0 Å². The van der Waals surface area contributed by atoms with E-state index in [1.807, 2.05) is 60.8 Å². The van der Waals surface area contributed by atoms with E-state index >= 15 is 0 Å². The number of unbranched alkanes of at least 4 members (excludes halogenated alkanes) is 29. The second-order valence-corrected chi connectivity index (χ2v) is 21.2. The van der Waals surface area contributed by atoms with Crippen LogP contribution in [0.15, 0.2) is 85.1 Å².